The zero-order chi connectivity index (χ0) is 15.4. The maximum absolute atomic E-state index is 11.3. The van der Waals surface area contributed by atoms with Crippen molar-refractivity contribution in [2.45, 2.75) is 39.5 Å². The van der Waals surface area contributed by atoms with Crippen LogP contribution in [0.1, 0.15) is 39.5 Å². The Morgan fingerprint density at radius 1 is 1.05 bits per heavy atom. The van der Waals surface area contributed by atoms with Gasteiger partial charge in [-0.2, -0.15) is 0 Å². The zero-order valence-corrected chi connectivity index (χ0v) is 12.3. The van der Waals surface area contributed by atoms with E-state index in [1.165, 1.54) is 14.0 Å². The SMILES string of the molecule is CCCCCCOC(=O)COC(=O)/C=C(/C)C(=O)OC. The van der Waals surface area contributed by atoms with Crippen LogP contribution >= 0.6 is 0 Å². The van der Waals surface area contributed by atoms with Crippen molar-refractivity contribution in [3.8, 4) is 0 Å². The summed E-state index contributed by atoms with van der Waals surface area (Å²) in [7, 11) is 1.21. The molecule has 0 aromatic carbocycles. The molecule has 0 aliphatic heterocycles. The molecule has 0 atom stereocenters. The highest BCUT2D eigenvalue weighted by atomic mass is 16.6. The van der Waals surface area contributed by atoms with Crippen molar-refractivity contribution in [2.24, 2.45) is 0 Å². The maximum Gasteiger partial charge on any atom is 0.344 e. The van der Waals surface area contributed by atoms with Gasteiger partial charge in [-0.25, -0.2) is 14.4 Å². The number of rotatable bonds is 9. The molecule has 0 saturated heterocycles. The lowest BCUT2D eigenvalue weighted by molar-refractivity contribution is -0.156. The minimum Gasteiger partial charge on any atom is -0.466 e. The molecule has 0 radical (unpaired) electrons. The smallest absolute Gasteiger partial charge is 0.344 e. The molecular formula is C14H22O6. The fourth-order valence-electron chi connectivity index (χ4n) is 1.32. The highest BCUT2D eigenvalue weighted by molar-refractivity contribution is 5.96. The van der Waals surface area contributed by atoms with Gasteiger partial charge in [-0.1, -0.05) is 26.2 Å². The van der Waals surface area contributed by atoms with Crippen LogP contribution in [0.2, 0.25) is 0 Å². The van der Waals surface area contributed by atoms with E-state index in [9.17, 15) is 14.4 Å². The van der Waals surface area contributed by atoms with Crippen LogP contribution in [-0.4, -0.2) is 38.2 Å². The van der Waals surface area contributed by atoms with Crippen LogP contribution in [-0.2, 0) is 28.6 Å². The highest BCUT2D eigenvalue weighted by Crippen LogP contribution is 2.00. The van der Waals surface area contributed by atoms with Gasteiger partial charge in [0.1, 0.15) is 0 Å². The summed E-state index contributed by atoms with van der Waals surface area (Å²) in [6.07, 6.45) is 4.99. The van der Waals surface area contributed by atoms with Crippen molar-refractivity contribution < 1.29 is 28.6 Å². The summed E-state index contributed by atoms with van der Waals surface area (Å²) in [6.45, 7) is 3.37. The zero-order valence-electron chi connectivity index (χ0n) is 12.3. The molecule has 6 heteroatoms. The van der Waals surface area contributed by atoms with Crippen LogP contribution in [0.15, 0.2) is 11.6 Å². The predicted octanol–water partition coefficient (Wildman–Crippen LogP) is 1.77. The maximum atomic E-state index is 11.3. The Labute approximate surface area is 119 Å². The fraction of sp³-hybridized carbons (Fsp3) is 0.643. The van der Waals surface area contributed by atoms with E-state index in [0.717, 1.165) is 31.8 Å². The molecule has 0 bridgehead atoms. The van der Waals surface area contributed by atoms with Crippen LogP contribution in [0, 0.1) is 0 Å². The first-order valence-corrected chi connectivity index (χ1v) is 6.60. The molecule has 0 rings (SSSR count). The summed E-state index contributed by atoms with van der Waals surface area (Å²) >= 11 is 0. The average Bonchev–Trinajstić information content (AvgIpc) is 2.43. The van der Waals surface area contributed by atoms with Crippen LogP contribution in [0.25, 0.3) is 0 Å². The molecule has 0 aliphatic carbocycles. The standard InChI is InChI=1S/C14H22O6/c1-4-5-6-7-8-19-13(16)10-20-12(15)9-11(2)14(17)18-3/h9H,4-8,10H2,1-3H3/b11-9-. The number of methoxy groups -OCH3 is 1. The molecule has 0 aliphatic rings. The molecular weight excluding hydrogens is 264 g/mol. The van der Waals surface area contributed by atoms with Crippen molar-refractivity contribution >= 4 is 17.9 Å². The van der Waals surface area contributed by atoms with E-state index in [4.69, 9.17) is 4.74 Å². The van der Waals surface area contributed by atoms with Crippen LogP contribution in [0.3, 0.4) is 0 Å². The van der Waals surface area contributed by atoms with Gasteiger partial charge in [0.25, 0.3) is 0 Å². The van der Waals surface area contributed by atoms with Crippen molar-refractivity contribution in [1.29, 1.82) is 0 Å². The molecule has 0 saturated carbocycles. The molecule has 0 heterocycles. The van der Waals surface area contributed by atoms with Crippen LogP contribution in [0.5, 0.6) is 0 Å². The normalized spacial score (nSPS) is 10.8. The summed E-state index contributed by atoms with van der Waals surface area (Å²) in [6, 6.07) is 0. The van der Waals surface area contributed by atoms with Crippen molar-refractivity contribution in [3.05, 3.63) is 11.6 Å². The molecule has 0 amide bonds. The largest absolute Gasteiger partial charge is 0.466 e. The number of ether oxygens (including phenoxy) is 3. The third-order valence-corrected chi connectivity index (χ3v) is 2.43. The molecule has 0 N–H and O–H groups in total. The molecule has 0 unspecified atom stereocenters. The summed E-state index contributed by atoms with van der Waals surface area (Å²) in [5, 5.41) is 0. The highest BCUT2D eigenvalue weighted by Gasteiger charge is 2.10. The molecule has 6 nitrogen and oxygen atoms in total. The van der Waals surface area contributed by atoms with E-state index in [1.54, 1.807) is 0 Å². The molecule has 20 heavy (non-hydrogen) atoms. The number of esters is 3. The second-order valence-corrected chi connectivity index (χ2v) is 4.21. The number of hydrogen-bond donors (Lipinski definition) is 0. The first kappa shape index (κ1) is 18.1. The third kappa shape index (κ3) is 9.13. The average molecular weight is 286 g/mol. The summed E-state index contributed by atoms with van der Waals surface area (Å²) in [5.41, 5.74) is 0.102. The van der Waals surface area contributed by atoms with E-state index in [2.05, 4.69) is 16.4 Å². The van der Waals surface area contributed by atoms with Crippen molar-refractivity contribution in [2.75, 3.05) is 20.3 Å². The fourth-order valence-corrected chi connectivity index (χ4v) is 1.32. The summed E-state index contributed by atoms with van der Waals surface area (Å²) in [4.78, 5) is 33.5. The predicted molar refractivity (Wildman–Crippen MR) is 71.8 cm³/mol. The topological polar surface area (TPSA) is 78.9 Å². The first-order chi connectivity index (χ1) is 9.51. The number of hydrogen-bond acceptors (Lipinski definition) is 6. The second kappa shape index (κ2) is 11.0. The van der Waals surface area contributed by atoms with Gasteiger partial charge in [-0.15, -0.1) is 0 Å². The Morgan fingerprint density at radius 3 is 2.35 bits per heavy atom. The molecule has 0 aromatic rings. The lowest BCUT2D eigenvalue weighted by Crippen LogP contribution is -2.16. The summed E-state index contributed by atoms with van der Waals surface area (Å²) < 4.78 is 14.0. The van der Waals surface area contributed by atoms with E-state index < -0.39 is 24.5 Å². The Bertz CT molecular complexity index is 359. The monoisotopic (exact) mass is 286 g/mol. The Balaban J connectivity index is 3.84. The van der Waals surface area contributed by atoms with Gasteiger partial charge in [-0.05, 0) is 13.3 Å². The first-order valence-electron chi connectivity index (χ1n) is 6.60. The Hall–Kier alpha value is -1.85. The quantitative estimate of drug-likeness (QED) is 0.278. The van der Waals surface area contributed by atoms with E-state index in [-0.39, 0.29) is 5.57 Å². The molecule has 0 spiro atoms. The van der Waals surface area contributed by atoms with Gasteiger partial charge in [0, 0.05) is 11.6 Å². The van der Waals surface area contributed by atoms with Gasteiger partial charge in [0.15, 0.2) is 6.61 Å². The van der Waals surface area contributed by atoms with Gasteiger partial charge < -0.3 is 14.2 Å². The number of carbonyl (C=O) groups excluding carboxylic acids is 3. The molecule has 114 valence electrons. The van der Waals surface area contributed by atoms with E-state index in [0.29, 0.717) is 6.61 Å². The number of carbonyl (C=O) groups is 3. The summed E-state index contributed by atoms with van der Waals surface area (Å²) in [5.74, 6) is -2.00. The van der Waals surface area contributed by atoms with Crippen molar-refractivity contribution in [3.63, 3.8) is 0 Å². The minimum absolute atomic E-state index is 0.102. The minimum atomic E-state index is -0.782. The Kier molecular flexibility index (Phi) is 10.00. The molecule has 0 aromatic heterocycles. The van der Waals surface area contributed by atoms with Crippen molar-refractivity contribution in [1.82, 2.24) is 0 Å². The lowest BCUT2D eigenvalue weighted by Gasteiger charge is -2.05. The second-order valence-electron chi connectivity index (χ2n) is 4.21. The van der Waals surface area contributed by atoms with Gasteiger partial charge in [0.05, 0.1) is 13.7 Å². The third-order valence-electron chi connectivity index (χ3n) is 2.43. The van der Waals surface area contributed by atoms with E-state index in [1.807, 2.05) is 0 Å². The lowest BCUT2D eigenvalue weighted by atomic mass is 10.2. The van der Waals surface area contributed by atoms with Crippen LogP contribution in [0.4, 0.5) is 0 Å². The van der Waals surface area contributed by atoms with E-state index >= 15 is 0 Å². The van der Waals surface area contributed by atoms with Gasteiger partial charge >= 0.3 is 17.9 Å². The van der Waals surface area contributed by atoms with Gasteiger partial charge in [-0.3, -0.25) is 0 Å². The van der Waals surface area contributed by atoms with Gasteiger partial charge in [0.2, 0.25) is 0 Å². The Morgan fingerprint density at radius 2 is 1.75 bits per heavy atom. The molecule has 0 fully saturated rings. The number of unbranched alkanes of at least 4 members (excludes halogenated alkanes) is 3. The van der Waals surface area contributed by atoms with Crippen LogP contribution < -0.4 is 0 Å².